The first-order valence-corrected chi connectivity index (χ1v) is 9.64. The van der Waals surface area contributed by atoms with Gasteiger partial charge in [0.1, 0.15) is 5.84 Å². The van der Waals surface area contributed by atoms with Crippen LogP contribution in [-0.2, 0) is 24.3 Å². The van der Waals surface area contributed by atoms with E-state index in [1.54, 1.807) is 46.1 Å². The van der Waals surface area contributed by atoms with Crippen LogP contribution in [0.3, 0.4) is 0 Å². The molecule has 2 rings (SSSR count). The van der Waals surface area contributed by atoms with Crippen molar-refractivity contribution in [2.24, 2.45) is 10.9 Å². The largest absolute Gasteiger partial charge is 0.451 e. The zero-order chi connectivity index (χ0) is 19.6. The topological polar surface area (TPSA) is 105 Å². The van der Waals surface area contributed by atoms with Crippen LogP contribution in [0.25, 0.3) is 0 Å². The van der Waals surface area contributed by atoms with Crippen molar-refractivity contribution in [3.05, 3.63) is 29.8 Å². The van der Waals surface area contributed by atoms with Gasteiger partial charge in [-0.05, 0) is 25.0 Å². The van der Waals surface area contributed by atoms with Gasteiger partial charge < -0.3 is 9.64 Å². The molecule has 1 aromatic carbocycles. The quantitative estimate of drug-likeness (QED) is 0.759. The summed E-state index contributed by atoms with van der Waals surface area (Å²) in [5, 5.41) is 0. The summed E-state index contributed by atoms with van der Waals surface area (Å²) in [4.78, 5) is 30.1. The summed E-state index contributed by atoms with van der Waals surface area (Å²) in [6, 6.07) is 5.45. The zero-order valence-electron chi connectivity index (χ0n) is 15.4. The van der Waals surface area contributed by atoms with E-state index in [0.29, 0.717) is 5.56 Å². The number of hydrogen-bond donors (Lipinski definition) is 1. The van der Waals surface area contributed by atoms with Gasteiger partial charge in [0.2, 0.25) is 0 Å². The van der Waals surface area contributed by atoms with Crippen LogP contribution in [0.1, 0.15) is 26.3 Å². The van der Waals surface area contributed by atoms with Crippen LogP contribution in [0.4, 0.5) is 0 Å². The van der Waals surface area contributed by atoms with E-state index in [0.717, 1.165) is 0 Å². The number of benzene rings is 1. The molecule has 0 unspecified atom stereocenters. The number of rotatable bonds is 5. The zero-order valence-corrected chi connectivity index (χ0v) is 16.2. The fourth-order valence-corrected chi connectivity index (χ4v) is 3.74. The van der Waals surface area contributed by atoms with Crippen LogP contribution in [0.15, 0.2) is 34.2 Å². The summed E-state index contributed by atoms with van der Waals surface area (Å²) in [6.45, 7) is 5.02. The van der Waals surface area contributed by atoms with Gasteiger partial charge in [-0.1, -0.05) is 26.0 Å². The van der Waals surface area contributed by atoms with Gasteiger partial charge >= 0.3 is 5.97 Å². The molecular weight excluding hydrogens is 358 g/mol. The summed E-state index contributed by atoms with van der Waals surface area (Å²) in [7, 11) is -0.560. The lowest BCUT2D eigenvalue weighted by Gasteiger charge is -2.21. The summed E-state index contributed by atoms with van der Waals surface area (Å²) in [5.41, 5.74) is 0.406. The van der Waals surface area contributed by atoms with Crippen LogP contribution < -0.4 is 4.72 Å². The minimum atomic E-state index is -3.69. The lowest BCUT2D eigenvalue weighted by Crippen LogP contribution is -2.39. The molecule has 26 heavy (non-hydrogen) atoms. The molecule has 2 atom stereocenters. The summed E-state index contributed by atoms with van der Waals surface area (Å²) >= 11 is 0. The Kier molecular flexibility index (Phi) is 5.70. The number of carbonyl (C=O) groups excluding carboxylic acids is 2. The Balaban J connectivity index is 2.31. The van der Waals surface area contributed by atoms with E-state index < -0.39 is 28.1 Å². The van der Waals surface area contributed by atoms with Crippen LogP contribution in [0, 0.1) is 5.92 Å². The average molecular weight is 381 g/mol. The third-order valence-electron chi connectivity index (χ3n) is 3.89. The predicted octanol–water partition coefficient (Wildman–Crippen LogP) is 0.770. The molecule has 0 saturated heterocycles. The second-order valence-electron chi connectivity index (χ2n) is 6.58. The van der Waals surface area contributed by atoms with E-state index in [9.17, 15) is 18.0 Å². The van der Waals surface area contributed by atoms with Crippen molar-refractivity contribution in [1.29, 1.82) is 0 Å². The molecule has 0 aliphatic carbocycles. The SMILES string of the molecule is CC(C)[C@H](N=C1NS(=O)(=O)c2ccccc21)C(=O)O[C@@H](C)C(=O)N(C)C. The Morgan fingerprint density at radius 3 is 2.35 bits per heavy atom. The van der Waals surface area contributed by atoms with E-state index in [-0.39, 0.29) is 22.6 Å². The Hall–Kier alpha value is -2.42. The second kappa shape index (κ2) is 7.45. The van der Waals surface area contributed by atoms with Crippen molar-refractivity contribution in [3.8, 4) is 0 Å². The summed E-state index contributed by atoms with van der Waals surface area (Å²) in [5.74, 6) is -1.18. The maximum absolute atomic E-state index is 12.5. The minimum Gasteiger partial charge on any atom is -0.451 e. The molecule has 1 heterocycles. The van der Waals surface area contributed by atoms with Crippen molar-refractivity contribution in [2.45, 2.75) is 37.8 Å². The lowest BCUT2D eigenvalue weighted by molar-refractivity contribution is -0.159. The molecule has 0 radical (unpaired) electrons. The van der Waals surface area contributed by atoms with Gasteiger partial charge in [0.05, 0.1) is 4.90 Å². The molecule has 142 valence electrons. The van der Waals surface area contributed by atoms with Gasteiger partial charge in [0.25, 0.3) is 15.9 Å². The van der Waals surface area contributed by atoms with Crippen molar-refractivity contribution >= 4 is 27.7 Å². The highest BCUT2D eigenvalue weighted by Gasteiger charge is 2.34. The Morgan fingerprint density at radius 2 is 1.77 bits per heavy atom. The van der Waals surface area contributed by atoms with Crippen LogP contribution in [-0.4, -0.2) is 57.3 Å². The fraction of sp³-hybridized carbons (Fsp3) is 0.471. The van der Waals surface area contributed by atoms with Crippen molar-refractivity contribution in [3.63, 3.8) is 0 Å². The number of esters is 1. The van der Waals surface area contributed by atoms with Gasteiger partial charge in [-0.2, -0.15) is 0 Å². The summed E-state index contributed by atoms with van der Waals surface area (Å²) in [6.07, 6.45) is -0.952. The Morgan fingerprint density at radius 1 is 1.15 bits per heavy atom. The van der Waals surface area contributed by atoms with Gasteiger partial charge in [-0.25, -0.2) is 13.2 Å². The number of carbonyl (C=O) groups is 2. The van der Waals surface area contributed by atoms with Crippen LogP contribution in [0.2, 0.25) is 0 Å². The Labute approximate surface area is 153 Å². The number of ether oxygens (including phenoxy) is 1. The number of amidine groups is 1. The molecule has 1 aliphatic heterocycles. The maximum Gasteiger partial charge on any atom is 0.331 e. The first-order valence-electron chi connectivity index (χ1n) is 8.16. The molecule has 8 nitrogen and oxygen atoms in total. The fourth-order valence-electron chi connectivity index (χ4n) is 2.50. The van der Waals surface area contributed by atoms with Crippen LogP contribution in [0.5, 0.6) is 0 Å². The van der Waals surface area contributed by atoms with Gasteiger partial charge in [-0.3, -0.25) is 14.5 Å². The smallest absolute Gasteiger partial charge is 0.331 e. The highest BCUT2D eigenvalue weighted by Crippen LogP contribution is 2.23. The maximum atomic E-state index is 12.5. The van der Waals surface area contributed by atoms with E-state index >= 15 is 0 Å². The van der Waals surface area contributed by atoms with Gasteiger partial charge in [-0.15, -0.1) is 0 Å². The molecule has 0 bridgehead atoms. The molecule has 1 aromatic rings. The number of nitrogens with zero attached hydrogens (tertiary/aromatic N) is 2. The molecule has 9 heteroatoms. The number of sulfonamides is 1. The highest BCUT2D eigenvalue weighted by molar-refractivity contribution is 7.90. The molecule has 1 aliphatic rings. The molecule has 0 saturated carbocycles. The first kappa shape index (κ1) is 19.9. The predicted molar refractivity (Wildman–Crippen MR) is 96.2 cm³/mol. The number of hydrogen-bond acceptors (Lipinski definition) is 6. The van der Waals surface area contributed by atoms with Crippen LogP contribution >= 0.6 is 0 Å². The Bertz CT molecular complexity index is 846. The molecule has 1 amide bonds. The van der Waals surface area contributed by atoms with Crippen molar-refractivity contribution < 1.29 is 22.7 Å². The normalized spacial score (nSPS) is 18.8. The van der Waals surface area contributed by atoms with Crippen molar-refractivity contribution in [1.82, 2.24) is 9.62 Å². The van der Waals surface area contributed by atoms with E-state index in [4.69, 9.17) is 4.74 Å². The van der Waals surface area contributed by atoms with E-state index in [2.05, 4.69) is 9.71 Å². The third-order valence-corrected chi connectivity index (χ3v) is 5.28. The molecule has 0 spiro atoms. The standard InChI is InChI=1S/C17H23N3O5S/c1-10(2)14(17(22)25-11(3)16(21)20(4)5)18-15-12-8-6-7-9-13(12)26(23,24)19-15/h6-11,14H,1-5H3,(H,18,19)/t11-,14-/m0/s1. The average Bonchev–Trinajstić information content (AvgIpc) is 2.82. The number of nitrogens with one attached hydrogen (secondary N) is 1. The monoisotopic (exact) mass is 381 g/mol. The van der Waals surface area contributed by atoms with Gasteiger partial charge in [0.15, 0.2) is 12.1 Å². The number of aliphatic imine (C=N–C) groups is 1. The first-order chi connectivity index (χ1) is 12.0. The number of likely N-dealkylation sites (N-methyl/N-ethyl adjacent to an activating group) is 1. The molecule has 0 fully saturated rings. The molecular formula is C17H23N3O5S. The minimum absolute atomic E-state index is 0.0999. The number of amides is 1. The number of fused-ring (bicyclic) bond motifs is 1. The molecule has 0 aromatic heterocycles. The third kappa shape index (κ3) is 4.04. The highest BCUT2D eigenvalue weighted by atomic mass is 32.2. The lowest BCUT2D eigenvalue weighted by atomic mass is 10.0. The van der Waals surface area contributed by atoms with E-state index in [1.807, 2.05) is 0 Å². The van der Waals surface area contributed by atoms with Crippen molar-refractivity contribution in [2.75, 3.05) is 14.1 Å². The molecule has 1 N–H and O–H groups in total. The second-order valence-corrected chi connectivity index (χ2v) is 8.23. The summed E-state index contributed by atoms with van der Waals surface area (Å²) < 4.78 is 31.9. The van der Waals surface area contributed by atoms with E-state index in [1.165, 1.54) is 17.9 Å². The van der Waals surface area contributed by atoms with Gasteiger partial charge in [0, 0.05) is 19.7 Å².